The molecule has 1 aromatic carbocycles. The van der Waals surface area contributed by atoms with Gasteiger partial charge in [-0.05, 0) is 30.0 Å². The van der Waals surface area contributed by atoms with E-state index in [0.717, 1.165) is 18.5 Å². The third-order valence-electron chi connectivity index (χ3n) is 3.28. The molecule has 1 aliphatic carbocycles. The predicted octanol–water partition coefficient (Wildman–Crippen LogP) is 3.05. The Balaban J connectivity index is 2.22. The maximum atomic E-state index is 11.4. The van der Waals surface area contributed by atoms with Gasteiger partial charge in [-0.1, -0.05) is 30.3 Å². The van der Waals surface area contributed by atoms with E-state index < -0.39 is 0 Å². The molecule has 17 heavy (non-hydrogen) atoms. The first-order chi connectivity index (χ1) is 8.25. The number of carbonyl (C=O) groups excluding carboxylic acids is 1. The topological polar surface area (TPSA) is 30.0 Å². The Kier molecular flexibility index (Phi) is 2.29. The van der Waals surface area contributed by atoms with Crippen LogP contribution in [0.15, 0.2) is 36.4 Å². The fourth-order valence-electron chi connectivity index (χ4n) is 2.36. The molecule has 0 amide bonds. The molecular formula is C15H13NO. The molecule has 0 spiro atoms. The number of benzene rings is 1. The molecule has 0 saturated carbocycles. The first kappa shape index (κ1) is 10.2. The number of fused-ring (bicyclic) bond motifs is 3. The van der Waals surface area contributed by atoms with Gasteiger partial charge in [0.05, 0.1) is 5.69 Å². The maximum absolute atomic E-state index is 11.4. The van der Waals surface area contributed by atoms with E-state index >= 15 is 0 Å². The van der Waals surface area contributed by atoms with Gasteiger partial charge >= 0.3 is 0 Å². The van der Waals surface area contributed by atoms with Crippen molar-refractivity contribution in [3.8, 4) is 11.3 Å². The summed E-state index contributed by atoms with van der Waals surface area (Å²) in [6.07, 6.45) is 2.07. The van der Waals surface area contributed by atoms with Crippen LogP contribution >= 0.6 is 0 Å². The summed E-state index contributed by atoms with van der Waals surface area (Å²) in [6, 6.07) is 12.2. The Hall–Kier alpha value is -1.96. The van der Waals surface area contributed by atoms with Crippen molar-refractivity contribution in [1.29, 1.82) is 0 Å². The molecule has 0 fully saturated rings. The van der Waals surface area contributed by atoms with Gasteiger partial charge in [0.25, 0.3) is 0 Å². The molecule has 0 saturated heterocycles. The van der Waals surface area contributed by atoms with Crippen LogP contribution < -0.4 is 0 Å². The molecule has 0 unspecified atom stereocenters. The normalized spacial score (nSPS) is 12.8. The highest BCUT2D eigenvalue weighted by Crippen LogP contribution is 2.31. The van der Waals surface area contributed by atoms with Crippen LogP contribution in [0.1, 0.15) is 28.5 Å². The lowest BCUT2D eigenvalue weighted by Crippen LogP contribution is -2.08. The zero-order valence-electron chi connectivity index (χ0n) is 9.73. The molecule has 3 rings (SSSR count). The second-order valence-electron chi connectivity index (χ2n) is 4.42. The van der Waals surface area contributed by atoms with Crippen molar-refractivity contribution < 1.29 is 4.79 Å². The molecule has 0 N–H and O–H groups in total. The van der Waals surface area contributed by atoms with Gasteiger partial charge in [0, 0.05) is 12.5 Å². The summed E-state index contributed by atoms with van der Waals surface area (Å²) in [5.74, 6) is 0.0239. The highest BCUT2D eigenvalue weighted by atomic mass is 16.1. The average molecular weight is 223 g/mol. The number of ketones is 1. The third kappa shape index (κ3) is 1.66. The number of Topliss-reactive ketones (excluding diaryl/α,β-unsaturated/α-hetero) is 1. The summed E-state index contributed by atoms with van der Waals surface area (Å²) in [6.45, 7) is 1.56. The lowest BCUT2D eigenvalue weighted by atomic mass is 9.89. The molecule has 0 radical (unpaired) electrons. The van der Waals surface area contributed by atoms with E-state index in [9.17, 15) is 4.79 Å². The Bertz CT molecular complexity index is 602. The number of hydrogen-bond acceptors (Lipinski definition) is 2. The van der Waals surface area contributed by atoms with Crippen molar-refractivity contribution in [1.82, 2.24) is 4.98 Å². The van der Waals surface area contributed by atoms with Gasteiger partial charge in [-0.2, -0.15) is 0 Å². The van der Waals surface area contributed by atoms with Gasteiger partial charge < -0.3 is 0 Å². The lowest BCUT2D eigenvalue weighted by Gasteiger charge is -2.18. The number of carbonyl (C=O) groups is 1. The van der Waals surface area contributed by atoms with E-state index in [4.69, 9.17) is 0 Å². The van der Waals surface area contributed by atoms with Gasteiger partial charge in [0.2, 0.25) is 0 Å². The maximum Gasteiger partial charge on any atom is 0.178 e. The molecule has 1 aromatic heterocycles. The summed E-state index contributed by atoms with van der Waals surface area (Å²) < 4.78 is 0. The Labute approximate surface area is 100 Å². The van der Waals surface area contributed by atoms with E-state index in [1.54, 1.807) is 6.92 Å². The van der Waals surface area contributed by atoms with Gasteiger partial charge in [-0.25, -0.2) is 4.98 Å². The van der Waals surface area contributed by atoms with Crippen LogP contribution in [0.5, 0.6) is 0 Å². The highest BCUT2D eigenvalue weighted by Gasteiger charge is 2.17. The fraction of sp³-hybridized carbons (Fsp3) is 0.200. The molecule has 1 aliphatic rings. The molecule has 84 valence electrons. The minimum atomic E-state index is 0.0239. The predicted molar refractivity (Wildman–Crippen MR) is 67.1 cm³/mol. The number of aryl methyl sites for hydroxylation is 2. The van der Waals surface area contributed by atoms with Gasteiger partial charge in [0.15, 0.2) is 5.78 Å². The first-order valence-electron chi connectivity index (χ1n) is 5.85. The van der Waals surface area contributed by atoms with Crippen molar-refractivity contribution in [3.05, 3.63) is 53.2 Å². The summed E-state index contributed by atoms with van der Waals surface area (Å²) in [4.78, 5) is 15.9. The van der Waals surface area contributed by atoms with Crippen LogP contribution in [0.4, 0.5) is 0 Å². The lowest BCUT2D eigenvalue weighted by molar-refractivity contribution is 0.101. The molecule has 2 aromatic rings. The van der Waals surface area contributed by atoms with E-state index in [2.05, 4.69) is 23.2 Å². The van der Waals surface area contributed by atoms with E-state index in [0.29, 0.717) is 5.69 Å². The van der Waals surface area contributed by atoms with Crippen molar-refractivity contribution in [3.63, 3.8) is 0 Å². The molecule has 0 aliphatic heterocycles. The summed E-state index contributed by atoms with van der Waals surface area (Å²) >= 11 is 0. The van der Waals surface area contributed by atoms with Crippen LogP contribution in [-0.2, 0) is 12.8 Å². The zero-order valence-corrected chi connectivity index (χ0v) is 9.73. The quantitative estimate of drug-likeness (QED) is 0.695. The largest absolute Gasteiger partial charge is 0.293 e. The van der Waals surface area contributed by atoms with Crippen LogP contribution in [0.3, 0.4) is 0 Å². The molecule has 2 heteroatoms. The number of hydrogen-bond donors (Lipinski definition) is 0. The Morgan fingerprint density at radius 1 is 1.06 bits per heavy atom. The minimum absolute atomic E-state index is 0.0239. The van der Waals surface area contributed by atoms with Crippen molar-refractivity contribution >= 4 is 5.78 Å². The van der Waals surface area contributed by atoms with Crippen LogP contribution in [0.2, 0.25) is 0 Å². The average Bonchev–Trinajstić information content (AvgIpc) is 2.38. The Morgan fingerprint density at radius 3 is 2.65 bits per heavy atom. The van der Waals surface area contributed by atoms with Gasteiger partial charge in [0.1, 0.15) is 5.69 Å². The van der Waals surface area contributed by atoms with Crippen LogP contribution in [-0.4, -0.2) is 10.8 Å². The standard InChI is InChI=1S/C15H13NO/c1-10(17)14-9-8-12-7-6-11-4-2-3-5-13(11)15(12)16-14/h2-5,8-9H,6-7H2,1H3. The molecular weight excluding hydrogens is 210 g/mol. The monoisotopic (exact) mass is 223 g/mol. The summed E-state index contributed by atoms with van der Waals surface area (Å²) in [7, 11) is 0. The molecule has 1 heterocycles. The fourth-order valence-corrected chi connectivity index (χ4v) is 2.36. The molecule has 2 nitrogen and oxygen atoms in total. The summed E-state index contributed by atoms with van der Waals surface area (Å²) in [5, 5.41) is 0. The minimum Gasteiger partial charge on any atom is -0.293 e. The second-order valence-corrected chi connectivity index (χ2v) is 4.42. The van der Waals surface area contributed by atoms with Crippen molar-refractivity contribution in [2.45, 2.75) is 19.8 Å². The number of pyridine rings is 1. The van der Waals surface area contributed by atoms with Crippen LogP contribution in [0.25, 0.3) is 11.3 Å². The van der Waals surface area contributed by atoms with E-state index in [1.807, 2.05) is 18.2 Å². The highest BCUT2D eigenvalue weighted by molar-refractivity contribution is 5.93. The first-order valence-corrected chi connectivity index (χ1v) is 5.85. The molecule has 0 bridgehead atoms. The number of rotatable bonds is 1. The van der Waals surface area contributed by atoms with Gasteiger partial charge in [-0.3, -0.25) is 4.79 Å². The Morgan fingerprint density at radius 2 is 1.82 bits per heavy atom. The smallest absolute Gasteiger partial charge is 0.178 e. The third-order valence-corrected chi connectivity index (χ3v) is 3.28. The van der Waals surface area contributed by atoms with Crippen LogP contribution in [0, 0.1) is 0 Å². The second kappa shape index (κ2) is 3.81. The van der Waals surface area contributed by atoms with Gasteiger partial charge in [-0.15, -0.1) is 0 Å². The summed E-state index contributed by atoms with van der Waals surface area (Å²) in [5.41, 5.74) is 5.29. The SMILES string of the molecule is CC(=O)c1ccc2c(n1)-c1ccccc1CC2. The number of aromatic nitrogens is 1. The van der Waals surface area contributed by atoms with Crippen molar-refractivity contribution in [2.24, 2.45) is 0 Å². The van der Waals surface area contributed by atoms with Crippen molar-refractivity contribution in [2.75, 3.05) is 0 Å². The molecule has 0 atom stereocenters. The zero-order chi connectivity index (χ0) is 11.8. The number of nitrogens with zero attached hydrogens (tertiary/aromatic N) is 1. The van der Waals surface area contributed by atoms with E-state index in [-0.39, 0.29) is 5.78 Å². The van der Waals surface area contributed by atoms with E-state index in [1.165, 1.54) is 16.7 Å².